The molecule has 3 aromatic rings. The van der Waals surface area contributed by atoms with Crippen molar-refractivity contribution in [1.29, 1.82) is 0 Å². The van der Waals surface area contributed by atoms with Crippen LogP contribution in [0.1, 0.15) is 46.3 Å². The highest BCUT2D eigenvalue weighted by Crippen LogP contribution is 2.38. The van der Waals surface area contributed by atoms with Crippen LogP contribution in [0.4, 0.5) is 5.69 Å². The SMILES string of the molecule is Cc1sc(-c2noc(C3CCC3)n2)cc1NC(=O)c1ccc(Br)cc1. The largest absolute Gasteiger partial charge is 0.339 e. The topological polar surface area (TPSA) is 68.0 Å². The lowest BCUT2D eigenvalue weighted by atomic mass is 9.85. The molecule has 1 saturated carbocycles. The lowest BCUT2D eigenvalue weighted by molar-refractivity contribution is 0.102. The van der Waals surface area contributed by atoms with Crippen LogP contribution in [0.2, 0.25) is 0 Å². The first-order valence-electron chi connectivity index (χ1n) is 8.11. The Hall–Kier alpha value is -1.99. The summed E-state index contributed by atoms with van der Waals surface area (Å²) in [7, 11) is 0. The van der Waals surface area contributed by atoms with Crippen LogP contribution in [0.25, 0.3) is 10.7 Å². The molecule has 1 aliphatic rings. The van der Waals surface area contributed by atoms with Gasteiger partial charge in [0.1, 0.15) is 0 Å². The average molecular weight is 418 g/mol. The second-order valence-electron chi connectivity index (χ2n) is 6.13. The van der Waals surface area contributed by atoms with E-state index in [9.17, 15) is 4.79 Å². The third kappa shape index (κ3) is 3.39. The van der Waals surface area contributed by atoms with Crippen LogP contribution in [-0.4, -0.2) is 16.0 Å². The van der Waals surface area contributed by atoms with Crippen molar-refractivity contribution in [3.8, 4) is 10.7 Å². The first-order chi connectivity index (χ1) is 12.1. The Morgan fingerprint density at radius 2 is 2.08 bits per heavy atom. The molecule has 5 nitrogen and oxygen atoms in total. The fraction of sp³-hybridized carbons (Fsp3) is 0.278. The summed E-state index contributed by atoms with van der Waals surface area (Å²) in [5, 5.41) is 7.06. The number of nitrogens with one attached hydrogen (secondary N) is 1. The second kappa shape index (κ2) is 6.72. The molecule has 1 aliphatic carbocycles. The zero-order valence-electron chi connectivity index (χ0n) is 13.6. The van der Waals surface area contributed by atoms with E-state index in [1.165, 1.54) is 6.42 Å². The molecule has 0 aliphatic heterocycles. The molecular weight excluding hydrogens is 402 g/mol. The Morgan fingerprint density at radius 3 is 2.76 bits per heavy atom. The Balaban J connectivity index is 1.52. The summed E-state index contributed by atoms with van der Waals surface area (Å²) in [6, 6.07) is 9.18. The quantitative estimate of drug-likeness (QED) is 0.617. The van der Waals surface area contributed by atoms with E-state index in [2.05, 4.69) is 31.4 Å². The van der Waals surface area contributed by atoms with Crippen molar-refractivity contribution in [2.75, 3.05) is 5.32 Å². The first kappa shape index (κ1) is 16.5. The molecule has 0 atom stereocenters. The Bertz CT molecular complexity index is 913. The third-order valence-electron chi connectivity index (χ3n) is 4.39. The number of hydrogen-bond donors (Lipinski definition) is 1. The molecule has 0 bridgehead atoms. The van der Waals surface area contributed by atoms with Crippen molar-refractivity contribution in [3.05, 3.63) is 51.1 Å². The monoisotopic (exact) mass is 417 g/mol. The molecule has 0 saturated heterocycles. The molecule has 2 aromatic heterocycles. The van der Waals surface area contributed by atoms with Gasteiger partial charge in [-0.25, -0.2) is 0 Å². The Labute approximate surface area is 157 Å². The van der Waals surface area contributed by atoms with Crippen LogP contribution in [0.5, 0.6) is 0 Å². The van der Waals surface area contributed by atoms with Gasteiger partial charge in [-0.2, -0.15) is 4.98 Å². The molecule has 25 heavy (non-hydrogen) atoms. The minimum Gasteiger partial charge on any atom is -0.339 e. The number of amides is 1. The summed E-state index contributed by atoms with van der Waals surface area (Å²) in [5.74, 6) is 1.61. The van der Waals surface area contributed by atoms with E-state index in [4.69, 9.17) is 4.52 Å². The van der Waals surface area contributed by atoms with Crippen LogP contribution < -0.4 is 5.32 Å². The maximum Gasteiger partial charge on any atom is 0.255 e. The number of thiophene rings is 1. The van der Waals surface area contributed by atoms with Crippen molar-refractivity contribution in [2.24, 2.45) is 0 Å². The lowest BCUT2D eigenvalue weighted by Crippen LogP contribution is -2.11. The molecule has 1 fully saturated rings. The van der Waals surface area contributed by atoms with Crippen LogP contribution >= 0.6 is 27.3 Å². The van der Waals surface area contributed by atoms with E-state index >= 15 is 0 Å². The van der Waals surface area contributed by atoms with Gasteiger partial charge < -0.3 is 9.84 Å². The van der Waals surface area contributed by atoms with Gasteiger partial charge in [-0.3, -0.25) is 4.79 Å². The van der Waals surface area contributed by atoms with Gasteiger partial charge in [0.2, 0.25) is 11.7 Å². The molecule has 1 aromatic carbocycles. The highest BCUT2D eigenvalue weighted by Gasteiger charge is 2.26. The minimum atomic E-state index is -0.136. The fourth-order valence-electron chi connectivity index (χ4n) is 2.67. The summed E-state index contributed by atoms with van der Waals surface area (Å²) in [4.78, 5) is 18.8. The summed E-state index contributed by atoms with van der Waals surface area (Å²) in [6.07, 6.45) is 3.48. The zero-order valence-corrected chi connectivity index (χ0v) is 16.0. The molecule has 0 radical (unpaired) electrons. The summed E-state index contributed by atoms with van der Waals surface area (Å²) in [5.41, 5.74) is 1.39. The average Bonchev–Trinajstić information content (AvgIpc) is 3.14. The number of hydrogen-bond acceptors (Lipinski definition) is 5. The smallest absolute Gasteiger partial charge is 0.255 e. The molecule has 0 spiro atoms. The maximum atomic E-state index is 12.4. The van der Waals surface area contributed by atoms with E-state index in [0.717, 1.165) is 38.6 Å². The van der Waals surface area contributed by atoms with Crippen molar-refractivity contribution < 1.29 is 9.32 Å². The molecule has 4 rings (SSSR count). The first-order valence-corrected chi connectivity index (χ1v) is 9.72. The number of rotatable bonds is 4. The fourth-order valence-corrected chi connectivity index (χ4v) is 3.83. The van der Waals surface area contributed by atoms with Crippen molar-refractivity contribution >= 4 is 38.9 Å². The van der Waals surface area contributed by atoms with Crippen molar-refractivity contribution in [2.45, 2.75) is 32.1 Å². The van der Waals surface area contributed by atoms with Gasteiger partial charge >= 0.3 is 0 Å². The number of aryl methyl sites for hydroxylation is 1. The highest BCUT2D eigenvalue weighted by molar-refractivity contribution is 9.10. The van der Waals surface area contributed by atoms with Crippen LogP contribution in [0.15, 0.2) is 39.3 Å². The van der Waals surface area contributed by atoms with E-state index in [-0.39, 0.29) is 5.91 Å². The van der Waals surface area contributed by atoms with Crippen LogP contribution in [0, 0.1) is 6.92 Å². The van der Waals surface area contributed by atoms with Gasteiger partial charge in [-0.1, -0.05) is 27.5 Å². The Kier molecular flexibility index (Phi) is 4.43. The van der Waals surface area contributed by atoms with Gasteiger partial charge in [-0.15, -0.1) is 11.3 Å². The third-order valence-corrected chi connectivity index (χ3v) is 5.96. The van der Waals surface area contributed by atoms with Gasteiger partial charge in [-0.05, 0) is 50.1 Å². The van der Waals surface area contributed by atoms with Crippen LogP contribution in [0.3, 0.4) is 0 Å². The van der Waals surface area contributed by atoms with E-state index in [1.807, 2.05) is 25.1 Å². The summed E-state index contributed by atoms with van der Waals surface area (Å²) < 4.78 is 6.33. The Morgan fingerprint density at radius 1 is 1.32 bits per heavy atom. The predicted molar refractivity (Wildman–Crippen MR) is 101 cm³/mol. The minimum absolute atomic E-state index is 0.136. The number of nitrogens with zero attached hydrogens (tertiary/aromatic N) is 2. The molecule has 2 heterocycles. The van der Waals surface area contributed by atoms with Crippen molar-refractivity contribution in [3.63, 3.8) is 0 Å². The molecule has 1 N–H and O–H groups in total. The molecule has 0 unspecified atom stereocenters. The highest BCUT2D eigenvalue weighted by atomic mass is 79.9. The van der Waals surface area contributed by atoms with Crippen molar-refractivity contribution in [1.82, 2.24) is 10.1 Å². The molecule has 128 valence electrons. The lowest BCUT2D eigenvalue weighted by Gasteiger charge is -2.20. The zero-order chi connectivity index (χ0) is 17.4. The molecule has 1 amide bonds. The number of halogens is 1. The van der Waals surface area contributed by atoms with Gasteiger partial charge in [0.15, 0.2) is 0 Å². The second-order valence-corrected chi connectivity index (χ2v) is 8.30. The normalized spacial score (nSPS) is 14.3. The number of benzene rings is 1. The number of aromatic nitrogens is 2. The maximum absolute atomic E-state index is 12.4. The number of carbonyl (C=O) groups excluding carboxylic acids is 1. The van der Waals surface area contributed by atoms with Gasteiger partial charge in [0.05, 0.1) is 10.6 Å². The van der Waals surface area contributed by atoms with Crippen LogP contribution in [-0.2, 0) is 0 Å². The molecular formula is C18H16BrN3O2S. The van der Waals surface area contributed by atoms with Gasteiger partial charge in [0.25, 0.3) is 5.91 Å². The summed E-state index contributed by atoms with van der Waals surface area (Å²) in [6.45, 7) is 1.97. The van der Waals surface area contributed by atoms with E-state index < -0.39 is 0 Å². The van der Waals surface area contributed by atoms with E-state index in [1.54, 1.807) is 23.5 Å². The van der Waals surface area contributed by atoms with E-state index in [0.29, 0.717) is 17.3 Å². The summed E-state index contributed by atoms with van der Waals surface area (Å²) >= 11 is 4.92. The number of anilines is 1. The predicted octanol–water partition coefficient (Wildman–Crippen LogP) is 5.39. The standard InChI is InChI=1S/C18H16BrN3O2S/c1-10-14(20-17(23)11-5-7-13(19)8-6-11)9-15(25-10)16-21-18(24-22-16)12-3-2-4-12/h5-9,12H,2-4H2,1H3,(H,20,23). The van der Waals surface area contributed by atoms with Gasteiger partial charge in [0, 0.05) is 20.8 Å². The number of carbonyl (C=O) groups is 1. The molecule has 7 heteroatoms.